The summed E-state index contributed by atoms with van der Waals surface area (Å²) in [4.78, 5) is 0. The molecule has 0 aromatic heterocycles. The molecule has 1 heteroatoms. The monoisotopic (exact) mass is 241 g/mol. The van der Waals surface area contributed by atoms with Crippen LogP contribution >= 0.6 is 0 Å². The Balaban J connectivity index is 3.35. The fourth-order valence-corrected chi connectivity index (χ4v) is 2.38. The molecule has 0 aromatic carbocycles. The van der Waals surface area contributed by atoms with Crippen LogP contribution in [-0.2, 0) is 0 Å². The number of nitrogens with one attached hydrogen (secondary N) is 1. The zero-order valence-corrected chi connectivity index (χ0v) is 12.7. The van der Waals surface area contributed by atoms with Crippen molar-refractivity contribution in [3.63, 3.8) is 0 Å². The van der Waals surface area contributed by atoms with E-state index in [9.17, 15) is 0 Å². The minimum atomic E-state index is 0.764. The van der Waals surface area contributed by atoms with E-state index in [4.69, 9.17) is 0 Å². The highest BCUT2D eigenvalue weighted by Gasteiger charge is 2.05. The van der Waals surface area contributed by atoms with Crippen LogP contribution in [0.3, 0.4) is 0 Å². The van der Waals surface area contributed by atoms with Crippen LogP contribution in [0.4, 0.5) is 0 Å². The highest BCUT2D eigenvalue weighted by atomic mass is 14.9. The summed E-state index contributed by atoms with van der Waals surface area (Å²) >= 11 is 0. The lowest BCUT2D eigenvalue weighted by Crippen LogP contribution is -2.25. The van der Waals surface area contributed by atoms with Crippen LogP contribution in [0.25, 0.3) is 0 Å². The van der Waals surface area contributed by atoms with Crippen molar-refractivity contribution >= 4 is 0 Å². The van der Waals surface area contributed by atoms with Crippen molar-refractivity contribution in [2.75, 3.05) is 7.05 Å². The van der Waals surface area contributed by atoms with Gasteiger partial charge in [0.05, 0.1) is 0 Å². The molecular formula is C16H35N. The second-order valence-corrected chi connectivity index (χ2v) is 5.87. The zero-order valence-electron chi connectivity index (χ0n) is 12.7. The van der Waals surface area contributed by atoms with Gasteiger partial charge in [-0.25, -0.2) is 0 Å². The third-order valence-electron chi connectivity index (χ3n) is 3.65. The molecule has 0 heterocycles. The minimum absolute atomic E-state index is 0.764. The molecule has 17 heavy (non-hydrogen) atoms. The van der Waals surface area contributed by atoms with Crippen molar-refractivity contribution in [3.8, 4) is 0 Å². The van der Waals surface area contributed by atoms with Gasteiger partial charge in [-0.3, -0.25) is 0 Å². The molecule has 1 nitrogen and oxygen atoms in total. The molecule has 0 aliphatic heterocycles. The molecule has 0 rings (SSSR count). The maximum Gasteiger partial charge on any atom is 0.00640 e. The van der Waals surface area contributed by atoms with Gasteiger partial charge >= 0.3 is 0 Å². The molecule has 0 saturated heterocycles. The molecule has 0 aliphatic rings. The standard InChI is InChI=1S/C16H35N/c1-5-6-7-8-9-10-13-16(17-4)14-11-12-15(2)3/h15-17H,5-14H2,1-4H3. The van der Waals surface area contributed by atoms with E-state index in [1.54, 1.807) is 0 Å². The van der Waals surface area contributed by atoms with Gasteiger partial charge < -0.3 is 5.32 Å². The normalized spacial score (nSPS) is 13.2. The van der Waals surface area contributed by atoms with Gasteiger partial charge in [0.1, 0.15) is 0 Å². The van der Waals surface area contributed by atoms with Gasteiger partial charge in [-0.05, 0) is 25.8 Å². The Bertz CT molecular complexity index is 142. The maximum atomic E-state index is 3.48. The maximum absolute atomic E-state index is 3.48. The first-order valence-electron chi connectivity index (χ1n) is 7.88. The van der Waals surface area contributed by atoms with E-state index in [2.05, 4.69) is 33.1 Å². The van der Waals surface area contributed by atoms with Gasteiger partial charge in [0.15, 0.2) is 0 Å². The van der Waals surface area contributed by atoms with Gasteiger partial charge in [0.2, 0.25) is 0 Å². The lowest BCUT2D eigenvalue weighted by Gasteiger charge is -2.16. The predicted octanol–water partition coefficient (Wildman–Crippen LogP) is 5.15. The third kappa shape index (κ3) is 12.2. The largest absolute Gasteiger partial charge is 0.317 e. The Labute approximate surface area is 110 Å². The molecule has 1 N–H and O–H groups in total. The van der Waals surface area contributed by atoms with Crippen molar-refractivity contribution < 1.29 is 0 Å². The van der Waals surface area contributed by atoms with Crippen LogP contribution in [0.5, 0.6) is 0 Å². The lowest BCUT2D eigenvalue weighted by molar-refractivity contribution is 0.423. The lowest BCUT2D eigenvalue weighted by atomic mass is 9.99. The van der Waals surface area contributed by atoms with Crippen LogP contribution in [0.15, 0.2) is 0 Å². The minimum Gasteiger partial charge on any atom is -0.317 e. The highest BCUT2D eigenvalue weighted by molar-refractivity contribution is 4.65. The van der Waals surface area contributed by atoms with Crippen LogP contribution in [0.2, 0.25) is 0 Å². The molecule has 0 aliphatic carbocycles. The summed E-state index contributed by atoms with van der Waals surface area (Å²) in [5.41, 5.74) is 0. The van der Waals surface area contributed by atoms with E-state index in [0.717, 1.165) is 12.0 Å². The summed E-state index contributed by atoms with van der Waals surface area (Å²) in [6.07, 6.45) is 14.0. The van der Waals surface area contributed by atoms with Crippen LogP contribution in [0, 0.1) is 5.92 Å². The Hall–Kier alpha value is -0.0400. The number of unbranched alkanes of at least 4 members (excludes halogenated alkanes) is 5. The Morgan fingerprint density at radius 1 is 0.765 bits per heavy atom. The van der Waals surface area contributed by atoms with E-state index >= 15 is 0 Å². The summed E-state index contributed by atoms with van der Waals surface area (Å²) < 4.78 is 0. The second kappa shape index (κ2) is 12.4. The first-order valence-corrected chi connectivity index (χ1v) is 7.88. The molecule has 0 bridgehead atoms. The van der Waals surface area contributed by atoms with E-state index in [0.29, 0.717) is 0 Å². The Morgan fingerprint density at radius 2 is 1.35 bits per heavy atom. The van der Waals surface area contributed by atoms with Crippen molar-refractivity contribution in [3.05, 3.63) is 0 Å². The molecule has 104 valence electrons. The molecule has 0 aromatic rings. The van der Waals surface area contributed by atoms with Gasteiger partial charge in [-0.1, -0.05) is 72.1 Å². The van der Waals surface area contributed by atoms with Crippen molar-refractivity contribution in [2.24, 2.45) is 5.92 Å². The van der Waals surface area contributed by atoms with Gasteiger partial charge in [-0.15, -0.1) is 0 Å². The van der Waals surface area contributed by atoms with Gasteiger partial charge in [0, 0.05) is 6.04 Å². The van der Waals surface area contributed by atoms with Crippen LogP contribution in [-0.4, -0.2) is 13.1 Å². The molecule has 0 fully saturated rings. The average Bonchev–Trinajstić information content (AvgIpc) is 2.30. The quantitative estimate of drug-likeness (QED) is 0.466. The summed E-state index contributed by atoms with van der Waals surface area (Å²) in [6.45, 7) is 6.93. The first-order chi connectivity index (χ1) is 8.20. The van der Waals surface area contributed by atoms with Crippen molar-refractivity contribution in [2.45, 2.75) is 91.0 Å². The summed E-state index contributed by atoms with van der Waals surface area (Å²) in [6, 6.07) is 0.764. The SMILES string of the molecule is CCCCCCCCC(CCCC(C)C)NC. The van der Waals surface area contributed by atoms with Gasteiger partial charge in [0.25, 0.3) is 0 Å². The fourth-order valence-electron chi connectivity index (χ4n) is 2.38. The van der Waals surface area contributed by atoms with Crippen LogP contribution < -0.4 is 5.32 Å². The molecule has 1 atom stereocenters. The van der Waals surface area contributed by atoms with Crippen molar-refractivity contribution in [1.82, 2.24) is 5.32 Å². The smallest absolute Gasteiger partial charge is 0.00640 e. The number of rotatable bonds is 12. The Kier molecular flexibility index (Phi) is 12.4. The zero-order chi connectivity index (χ0) is 12.9. The average molecular weight is 241 g/mol. The number of hydrogen-bond donors (Lipinski definition) is 1. The molecule has 0 radical (unpaired) electrons. The van der Waals surface area contributed by atoms with E-state index in [1.807, 2.05) is 0 Å². The van der Waals surface area contributed by atoms with E-state index in [-0.39, 0.29) is 0 Å². The van der Waals surface area contributed by atoms with Crippen LogP contribution in [0.1, 0.15) is 85.0 Å². The summed E-state index contributed by atoms with van der Waals surface area (Å²) in [7, 11) is 2.12. The first kappa shape index (κ1) is 17.0. The molecule has 0 spiro atoms. The summed E-state index contributed by atoms with van der Waals surface area (Å²) in [5, 5.41) is 3.48. The van der Waals surface area contributed by atoms with Crippen molar-refractivity contribution in [1.29, 1.82) is 0 Å². The molecule has 0 saturated carbocycles. The molecular weight excluding hydrogens is 206 g/mol. The topological polar surface area (TPSA) is 12.0 Å². The molecule has 0 amide bonds. The Morgan fingerprint density at radius 3 is 1.94 bits per heavy atom. The van der Waals surface area contributed by atoms with E-state index < -0.39 is 0 Å². The predicted molar refractivity (Wildman–Crippen MR) is 79.5 cm³/mol. The van der Waals surface area contributed by atoms with E-state index in [1.165, 1.54) is 64.2 Å². The highest BCUT2D eigenvalue weighted by Crippen LogP contribution is 2.14. The second-order valence-electron chi connectivity index (χ2n) is 5.87. The summed E-state index contributed by atoms with van der Waals surface area (Å²) in [5.74, 6) is 0.863. The van der Waals surface area contributed by atoms with Gasteiger partial charge in [-0.2, -0.15) is 0 Å². The molecule has 1 unspecified atom stereocenters. The third-order valence-corrected chi connectivity index (χ3v) is 3.65. The fraction of sp³-hybridized carbons (Fsp3) is 1.00. The number of hydrogen-bond acceptors (Lipinski definition) is 1.